The van der Waals surface area contributed by atoms with Crippen LogP contribution in [0.4, 0.5) is 5.00 Å². The van der Waals surface area contributed by atoms with Crippen LogP contribution in [0.25, 0.3) is 21.2 Å². The monoisotopic (exact) mass is 401 g/mol. The second kappa shape index (κ2) is 8.29. The fourth-order valence-corrected chi connectivity index (χ4v) is 4.25. The lowest BCUT2D eigenvalue weighted by molar-refractivity contribution is 0.0530. The molecule has 0 saturated heterocycles. The van der Waals surface area contributed by atoms with Gasteiger partial charge in [0.25, 0.3) is 5.91 Å². The Bertz CT molecular complexity index is 1160. The molecule has 3 aromatic carbocycles. The van der Waals surface area contributed by atoms with Crippen molar-refractivity contribution in [1.29, 1.82) is 0 Å². The first-order valence-corrected chi connectivity index (χ1v) is 10.1. The Hall–Kier alpha value is -3.44. The maximum Gasteiger partial charge on any atom is 0.341 e. The van der Waals surface area contributed by atoms with E-state index in [1.165, 1.54) is 11.3 Å². The van der Waals surface area contributed by atoms with Gasteiger partial charge in [0.05, 0.1) is 6.61 Å². The van der Waals surface area contributed by atoms with Crippen LogP contribution in [-0.2, 0) is 4.74 Å². The van der Waals surface area contributed by atoms with Crippen molar-refractivity contribution in [1.82, 2.24) is 0 Å². The molecule has 0 aliphatic heterocycles. The number of carbonyl (C=O) groups excluding carboxylic acids is 2. The van der Waals surface area contributed by atoms with E-state index in [0.29, 0.717) is 16.1 Å². The van der Waals surface area contributed by atoms with Crippen LogP contribution in [0.5, 0.6) is 0 Å². The maximum atomic E-state index is 12.8. The van der Waals surface area contributed by atoms with Crippen molar-refractivity contribution in [3.8, 4) is 11.1 Å². The first-order chi connectivity index (χ1) is 14.2. The summed E-state index contributed by atoms with van der Waals surface area (Å²) in [6, 6.07) is 24.9. The van der Waals surface area contributed by atoms with E-state index < -0.39 is 5.97 Å². The standard InChI is InChI=1S/C24H19NO3S/c1-2-28-24(27)21-19-10-6-7-11-20(19)29-23(21)25-22(26)18-14-12-17(13-15-18)16-8-4-3-5-9-16/h3-15H,2H2,1H3,(H,25,26). The van der Waals surface area contributed by atoms with Crippen LogP contribution in [0.1, 0.15) is 27.6 Å². The molecule has 0 unspecified atom stereocenters. The molecule has 1 amide bonds. The minimum atomic E-state index is -0.431. The predicted octanol–water partition coefficient (Wildman–Crippen LogP) is 6.00. The van der Waals surface area contributed by atoms with Crippen molar-refractivity contribution < 1.29 is 14.3 Å². The Morgan fingerprint density at radius 1 is 0.862 bits per heavy atom. The minimum absolute atomic E-state index is 0.262. The molecule has 0 aliphatic carbocycles. The molecule has 29 heavy (non-hydrogen) atoms. The third-order valence-electron chi connectivity index (χ3n) is 4.56. The van der Waals surface area contributed by atoms with Gasteiger partial charge in [-0.2, -0.15) is 0 Å². The summed E-state index contributed by atoms with van der Waals surface area (Å²) in [7, 11) is 0. The lowest BCUT2D eigenvalue weighted by atomic mass is 10.0. The van der Waals surface area contributed by atoms with Crippen molar-refractivity contribution in [2.45, 2.75) is 6.92 Å². The molecule has 1 aromatic heterocycles. The first-order valence-electron chi connectivity index (χ1n) is 9.33. The van der Waals surface area contributed by atoms with E-state index in [1.807, 2.05) is 66.7 Å². The molecular formula is C24H19NO3S. The molecular weight excluding hydrogens is 382 g/mol. The van der Waals surface area contributed by atoms with Crippen LogP contribution in [0.15, 0.2) is 78.9 Å². The fourth-order valence-electron chi connectivity index (χ4n) is 3.16. The van der Waals surface area contributed by atoms with Crippen molar-refractivity contribution in [3.05, 3.63) is 90.0 Å². The number of hydrogen-bond acceptors (Lipinski definition) is 4. The fraction of sp³-hybridized carbons (Fsp3) is 0.0833. The molecule has 0 radical (unpaired) electrons. The van der Waals surface area contributed by atoms with Crippen LogP contribution >= 0.6 is 11.3 Å². The second-order valence-electron chi connectivity index (χ2n) is 6.42. The smallest absolute Gasteiger partial charge is 0.341 e. The number of thiophene rings is 1. The Morgan fingerprint density at radius 3 is 2.24 bits per heavy atom. The van der Waals surface area contributed by atoms with Gasteiger partial charge in [-0.15, -0.1) is 11.3 Å². The number of amides is 1. The Kier molecular flexibility index (Phi) is 5.40. The summed E-state index contributed by atoms with van der Waals surface area (Å²) in [5.74, 6) is -0.693. The van der Waals surface area contributed by atoms with Gasteiger partial charge in [-0.05, 0) is 36.2 Å². The number of ether oxygens (including phenoxy) is 1. The second-order valence-corrected chi connectivity index (χ2v) is 7.47. The SMILES string of the molecule is CCOC(=O)c1c(NC(=O)c2ccc(-c3ccccc3)cc2)sc2ccccc12. The molecule has 0 bridgehead atoms. The highest BCUT2D eigenvalue weighted by molar-refractivity contribution is 7.23. The molecule has 1 N–H and O–H groups in total. The molecule has 0 fully saturated rings. The number of hydrogen-bond donors (Lipinski definition) is 1. The number of nitrogens with one attached hydrogen (secondary N) is 1. The average molecular weight is 401 g/mol. The summed E-state index contributed by atoms with van der Waals surface area (Å²) in [6.45, 7) is 2.04. The number of fused-ring (bicyclic) bond motifs is 1. The highest BCUT2D eigenvalue weighted by Gasteiger charge is 2.21. The summed E-state index contributed by atoms with van der Waals surface area (Å²) < 4.78 is 6.13. The summed E-state index contributed by atoms with van der Waals surface area (Å²) >= 11 is 1.37. The largest absolute Gasteiger partial charge is 0.462 e. The molecule has 4 rings (SSSR count). The summed E-state index contributed by atoms with van der Waals surface area (Å²) in [5, 5.41) is 4.18. The molecule has 4 aromatic rings. The molecule has 0 saturated carbocycles. The normalized spacial score (nSPS) is 10.7. The van der Waals surface area contributed by atoms with Crippen molar-refractivity contribution in [2.75, 3.05) is 11.9 Å². The van der Waals surface area contributed by atoms with Gasteiger partial charge in [0.2, 0.25) is 0 Å². The van der Waals surface area contributed by atoms with E-state index in [-0.39, 0.29) is 12.5 Å². The highest BCUT2D eigenvalue weighted by atomic mass is 32.1. The quantitative estimate of drug-likeness (QED) is 0.418. The molecule has 144 valence electrons. The topological polar surface area (TPSA) is 55.4 Å². The number of benzene rings is 3. The molecule has 0 spiro atoms. The van der Waals surface area contributed by atoms with Crippen molar-refractivity contribution in [3.63, 3.8) is 0 Å². The lowest BCUT2D eigenvalue weighted by Gasteiger charge is -2.08. The van der Waals surface area contributed by atoms with Crippen molar-refractivity contribution >= 4 is 38.3 Å². The number of anilines is 1. The van der Waals surface area contributed by atoms with Gasteiger partial charge in [0.15, 0.2) is 0 Å². The van der Waals surface area contributed by atoms with E-state index >= 15 is 0 Å². The lowest BCUT2D eigenvalue weighted by Crippen LogP contribution is -2.14. The third-order valence-corrected chi connectivity index (χ3v) is 5.64. The number of carbonyl (C=O) groups is 2. The Labute approximate surface area is 172 Å². The number of esters is 1. The van der Waals surface area contributed by atoms with Crippen LogP contribution in [0, 0.1) is 0 Å². The van der Waals surface area contributed by atoms with Gasteiger partial charge in [-0.25, -0.2) is 4.79 Å². The van der Waals surface area contributed by atoms with Gasteiger partial charge >= 0.3 is 5.97 Å². The third kappa shape index (κ3) is 3.91. The van der Waals surface area contributed by atoms with Crippen LogP contribution in [-0.4, -0.2) is 18.5 Å². The van der Waals surface area contributed by atoms with Gasteiger partial charge in [-0.3, -0.25) is 4.79 Å². The van der Waals surface area contributed by atoms with E-state index in [2.05, 4.69) is 5.32 Å². The molecule has 0 aliphatic rings. The minimum Gasteiger partial charge on any atom is -0.462 e. The maximum absolute atomic E-state index is 12.8. The van der Waals surface area contributed by atoms with E-state index in [9.17, 15) is 9.59 Å². The van der Waals surface area contributed by atoms with Gasteiger partial charge in [0.1, 0.15) is 10.6 Å². The van der Waals surface area contributed by atoms with Gasteiger partial charge in [-0.1, -0.05) is 60.7 Å². The zero-order valence-electron chi connectivity index (χ0n) is 15.8. The predicted molar refractivity (Wildman–Crippen MR) is 118 cm³/mol. The molecule has 4 nitrogen and oxygen atoms in total. The summed E-state index contributed by atoms with van der Waals surface area (Å²) in [6.07, 6.45) is 0. The molecule has 1 heterocycles. The van der Waals surface area contributed by atoms with E-state index in [4.69, 9.17) is 4.74 Å². The Balaban J connectivity index is 1.62. The summed E-state index contributed by atoms with van der Waals surface area (Å²) in [4.78, 5) is 25.3. The number of rotatable bonds is 5. The van der Waals surface area contributed by atoms with Gasteiger partial charge < -0.3 is 10.1 Å². The molecule has 5 heteroatoms. The van der Waals surface area contributed by atoms with Crippen LogP contribution in [0.2, 0.25) is 0 Å². The zero-order chi connectivity index (χ0) is 20.2. The average Bonchev–Trinajstić information content (AvgIpc) is 3.12. The summed E-state index contributed by atoms with van der Waals surface area (Å²) in [5.41, 5.74) is 3.06. The van der Waals surface area contributed by atoms with Crippen molar-refractivity contribution in [2.24, 2.45) is 0 Å². The van der Waals surface area contributed by atoms with Crippen LogP contribution in [0.3, 0.4) is 0 Å². The van der Waals surface area contributed by atoms with Gasteiger partial charge in [0, 0.05) is 15.6 Å². The molecule has 0 atom stereocenters. The highest BCUT2D eigenvalue weighted by Crippen LogP contribution is 2.36. The zero-order valence-corrected chi connectivity index (χ0v) is 16.7. The van der Waals surface area contributed by atoms with E-state index in [0.717, 1.165) is 21.2 Å². The van der Waals surface area contributed by atoms with E-state index in [1.54, 1.807) is 19.1 Å². The Morgan fingerprint density at radius 2 is 1.52 bits per heavy atom. The first kappa shape index (κ1) is 18.9. The van der Waals surface area contributed by atoms with Crippen LogP contribution < -0.4 is 5.32 Å².